The maximum Gasteiger partial charge on any atom is 0.262 e. The molecule has 0 bridgehead atoms. The number of nitrogens with zero attached hydrogens (tertiary/aromatic N) is 2. The van der Waals surface area contributed by atoms with Crippen LogP contribution in [0.2, 0.25) is 0 Å². The van der Waals surface area contributed by atoms with Crippen molar-refractivity contribution >= 4 is 33.3 Å². The largest absolute Gasteiger partial charge is 0.347 e. The number of fused-ring (bicyclic) bond motifs is 2. The van der Waals surface area contributed by atoms with Gasteiger partial charge in [0.2, 0.25) is 5.52 Å². The third kappa shape index (κ3) is 2.89. The van der Waals surface area contributed by atoms with Gasteiger partial charge in [-0.1, -0.05) is 49.5 Å². The molecule has 0 radical (unpaired) electrons. The first-order valence-electron chi connectivity index (χ1n) is 10.00. The Hall–Kier alpha value is -2.39. The maximum absolute atomic E-state index is 2.42. The third-order valence-corrected chi connectivity index (χ3v) is 7.21. The van der Waals surface area contributed by atoms with Crippen LogP contribution < -0.4 is 9.47 Å². The second-order valence-electron chi connectivity index (χ2n) is 8.20. The normalized spacial score (nSPS) is 17.2. The van der Waals surface area contributed by atoms with Crippen LogP contribution in [0.3, 0.4) is 0 Å². The fourth-order valence-electron chi connectivity index (χ4n) is 4.33. The fourth-order valence-corrected chi connectivity index (χ4v) is 5.55. The van der Waals surface area contributed by atoms with E-state index in [0.717, 1.165) is 6.54 Å². The molecule has 0 amide bonds. The van der Waals surface area contributed by atoms with E-state index in [1.165, 1.54) is 43.3 Å². The molecule has 0 atom stereocenters. The summed E-state index contributed by atoms with van der Waals surface area (Å²) in [6.07, 6.45) is 6.76. The number of benzene rings is 2. The SMILES string of the molecule is CC[n+]1c(/C=C/C=C2/N(C)c3ccccc3C2(C)C)sc2cc(C)c(C)cc21. The summed E-state index contributed by atoms with van der Waals surface area (Å²) in [5, 5.41) is 1.30. The van der Waals surface area contributed by atoms with Gasteiger partial charge >= 0.3 is 0 Å². The van der Waals surface area contributed by atoms with Gasteiger partial charge < -0.3 is 4.90 Å². The molecule has 0 unspecified atom stereocenters. The van der Waals surface area contributed by atoms with E-state index < -0.39 is 0 Å². The van der Waals surface area contributed by atoms with E-state index in [2.05, 4.69) is 106 Å². The number of thiazole rings is 1. The number of hydrogen-bond donors (Lipinski definition) is 0. The van der Waals surface area contributed by atoms with Gasteiger partial charge in [0.1, 0.15) is 11.2 Å². The molecule has 3 heteroatoms. The first kappa shape index (κ1) is 18.9. The zero-order valence-electron chi connectivity index (χ0n) is 17.7. The standard InChI is InChI=1S/C25H29N2S/c1-7-27-21-15-17(2)18(3)16-22(21)28-24(27)14-10-13-23-25(4,5)19-11-8-9-12-20(19)26(23)6/h8-16H,7H2,1-6H3/q+1. The van der Waals surface area contributed by atoms with E-state index in [9.17, 15) is 0 Å². The first-order chi connectivity index (χ1) is 13.3. The number of anilines is 1. The Morgan fingerprint density at radius 2 is 1.82 bits per heavy atom. The summed E-state index contributed by atoms with van der Waals surface area (Å²) < 4.78 is 3.78. The van der Waals surface area contributed by atoms with Crippen molar-refractivity contribution in [1.82, 2.24) is 0 Å². The molecule has 0 saturated heterocycles. The number of likely N-dealkylation sites (N-methyl/N-ethyl adjacent to an activating group) is 1. The lowest BCUT2D eigenvalue weighted by Crippen LogP contribution is -2.33. The van der Waals surface area contributed by atoms with Crippen molar-refractivity contribution in [3.63, 3.8) is 0 Å². The lowest BCUT2D eigenvalue weighted by Gasteiger charge is -2.23. The molecule has 1 aliphatic heterocycles. The van der Waals surface area contributed by atoms with Crippen LogP contribution in [0.1, 0.15) is 42.5 Å². The summed E-state index contributed by atoms with van der Waals surface area (Å²) in [7, 11) is 2.17. The first-order valence-corrected chi connectivity index (χ1v) is 10.8. The Morgan fingerprint density at radius 3 is 2.54 bits per heavy atom. The molecule has 0 saturated carbocycles. The van der Waals surface area contributed by atoms with Crippen LogP contribution in [0, 0.1) is 13.8 Å². The Bertz CT molecular complexity index is 1120. The number of hydrogen-bond acceptors (Lipinski definition) is 2. The molecule has 0 N–H and O–H groups in total. The minimum absolute atomic E-state index is 0.0187. The topological polar surface area (TPSA) is 7.12 Å². The third-order valence-electron chi connectivity index (χ3n) is 6.10. The lowest BCUT2D eigenvalue weighted by molar-refractivity contribution is -0.665. The van der Waals surface area contributed by atoms with Gasteiger partial charge in [0, 0.05) is 36.0 Å². The summed E-state index contributed by atoms with van der Waals surface area (Å²) in [5.74, 6) is 0. The molecule has 1 aliphatic rings. The Morgan fingerprint density at radius 1 is 1.11 bits per heavy atom. The van der Waals surface area contributed by atoms with E-state index in [1.54, 1.807) is 0 Å². The van der Waals surface area contributed by atoms with Gasteiger partial charge in [0.25, 0.3) is 5.01 Å². The van der Waals surface area contributed by atoms with Gasteiger partial charge in [-0.15, -0.1) is 0 Å². The summed E-state index contributed by atoms with van der Waals surface area (Å²) in [4.78, 5) is 2.32. The summed E-state index contributed by atoms with van der Waals surface area (Å²) >= 11 is 1.88. The highest BCUT2D eigenvalue weighted by Crippen LogP contribution is 2.46. The molecular formula is C25H29N2S+. The van der Waals surface area contributed by atoms with Crippen LogP contribution in [-0.4, -0.2) is 7.05 Å². The molecule has 28 heavy (non-hydrogen) atoms. The molecule has 0 aliphatic carbocycles. The highest BCUT2D eigenvalue weighted by atomic mass is 32.1. The van der Waals surface area contributed by atoms with Crippen LogP contribution in [0.4, 0.5) is 5.69 Å². The van der Waals surface area contributed by atoms with Crippen molar-refractivity contribution in [1.29, 1.82) is 0 Å². The van der Waals surface area contributed by atoms with Crippen molar-refractivity contribution in [2.45, 2.75) is 46.6 Å². The molecule has 144 valence electrons. The number of aromatic nitrogens is 1. The number of aryl methyl sites for hydroxylation is 3. The number of para-hydroxylation sites is 1. The molecule has 0 fully saturated rings. The quantitative estimate of drug-likeness (QED) is 0.487. The average Bonchev–Trinajstić information content (AvgIpc) is 3.09. The van der Waals surface area contributed by atoms with Gasteiger partial charge in [-0.25, -0.2) is 0 Å². The van der Waals surface area contributed by atoms with Gasteiger partial charge in [0.15, 0.2) is 0 Å². The average molecular weight is 390 g/mol. The summed E-state index contributed by atoms with van der Waals surface area (Å²) in [5.41, 5.74) is 8.12. The second kappa shape index (κ2) is 6.89. The smallest absolute Gasteiger partial charge is 0.262 e. The predicted octanol–water partition coefficient (Wildman–Crippen LogP) is 6.15. The minimum atomic E-state index is 0.0187. The van der Waals surface area contributed by atoms with E-state index in [0.29, 0.717) is 0 Å². The van der Waals surface area contributed by atoms with Crippen molar-refractivity contribution in [2.75, 3.05) is 11.9 Å². The Balaban J connectivity index is 1.73. The van der Waals surface area contributed by atoms with Gasteiger partial charge in [-0.2, -0.15) is 4.57 Å². The predicted molar refractivity (Wildman–Crippen MR) is 122 cm³/mol. The van der Waals surface area contributed by atoms with Gasteiger partial charge in [0.05, 0.1) is 0 Å². The van der Waals surface area contributed by atoms with Crippen molar-refractivity contribution in [3.8, 4) is 0 Å². The molecule has 2 nitrogen and oxygen atoms in total. The molecule has 2 heterocycles. The van der Waals surface area contributed by atoms with Crippen molar-refractivity contribution in [3.05, 3.63) is 75.9 Å². The van der Waals surface area contributed by atoms with E-state index in [-0.39, 0.29) is 5.41 Å². The minimum Gasteiger partial charge on any atom is -0.347 e. The zero-order chi connectivity index (χ0) is 20.1. The van der Waals surface area contributed by atoms with Crippen LogP contribution in [-0.2, 0) is 12.0 Å². The molecule has 4 rings (SSSR count). The summed E-state index contributed by atoms with van der Waals surface area (Å²) in [6.45, 7) is 12.2. The molecule has 1 aromatic heterocycles. The second-order valence-corrected chi connectivity index (χ2v) is 9.26. The van der Waals surface area contributed by atoms with Crippen LogP contribution in [0.5, 0.6) is 0 Å². The molecule has 3 aromatic rings. The van der Waals surface area contributed by atoms with E-state index in [1.807, 2.05) is 11.3 Å². The highest BCUT2D eigenvalue weighted by Gasteiger charge is 2.37. The van der Waals surface area contributed by atoms with E-state index in [4.69, 9.17) is 0 Å². The Labute approximate surface area is 172 Å². The fraction of sp³-hybridized carbons (Fsp3) is 0.320. The summed E-state index contributed by atoms with van der Waals surface area (Å²) in [6, 6.07) is 13.4. The van der Waals surface area contributed by atoms with Crippen molar-refractivity contribution in [2.24, 2.45) is 0 Å². The van der Waals surface area contributed by atoms with Crippen LogP contribution >= 0.6 is 11.3 Å². The maximum atomic E-state index is 2.42. The number of rotatable bonds is 3. The molecular weight excluding hydrogens is 360 g/mol. The monoisotopic (exact) mass is 389 g/mol. The van der Waals surface area contributed by atoms with Gasteiger partial charge in [-0.05, 0) is 55.7 Å². The van der Waals surface area contributed by atoms with Crippen LogP contribution in [0.15, 0.2) is 54.2 Å². The molecule has 2 aromatic carbocycles. The van der Waals surface area contributed by atoms with Gasteiger partial charge in [-0.3, -0.25) is 0 Å². The highest BCUT2D eigenvalue weighted by molar-refractivity contribution is 7.18. The Kier molecular flexibility index (Phi) is 4.67. The number of allylic oxidation sites excluding steroid dienone is 3. The van der Waals surface area contributed by atoms with Crippen LogP contribution in [0.25, 0.3) is 16.3 Å². The van der Waals surface area contributed by atoms with Crippen molar-refractivity contribution < 1.29 is 4.57 Å². The zero-order valence-corrected chi connectivity index (χ0v) is 18.5. The molecule has 0 spiro atoms. The van der Waals surface area contributed by atoms with E-state index >= 15 is 0 Å². The lowest BCUT2D eigenvalue weighted by atomic mass is 9.84.